The van der Waals surface area contributed by atoms with Crippen molar-refractivity contribution in [2.75, 3.05) is 6.54 Å². The van der Waals surface area contributed by atoms with Gasteiger partial charge in [0.15, 0.2) is 0 Å². The van der Waals surface area contributed by atoms with Crippen molar-refractivity contribution in [3.63, 3.8) is 0 Å². The van der Waals surface area contributed by atoms with Crippen molar-refractivity contribution in [1.82, 2.24) is 0 Å². The lowest BCUT2D eigenvalue weighted by Crippen LogP contribution is -1.90. The molecule has 2 N–H and O–H groups in total. The molecule has 1 aromatic carbocycles. The van der Waals surface area contributed by atoms with E-state index in [0.717, 1.165) is 0 Å². The van der Waals surface area contributed by atoms with Crippen molar-refractivity contribution in [2.45, 2.75) is 0 Å². The summed E-state index contributed by atoms with van der Waals surface area (Å²) in [5.41, 5.74) is 9.39. The molecule has 0 atom stereocenters. The fourth-order valence-corrected chi connectivity index (χ4v) is 0.915. The lowest BCUT2D eigenvalue weighted by atomic mass is 10.2. The molecule has 1 nitrogen and oxygen atoms in total. The molecule has 0 fully saturated rings. The zero-order valence-electron chi connectivity index (χ0n) is 7.48. The summed E-state index contributed by atoms with van der Waals surface area (Å²) in [5, 5.41) is 0. The maximum atomic E-state index is 5.26. The Hall–Kier alpha value is -1.56. The van der Waals surface area contributed by atoms with E-state index in [1.54, 1.807) is 6.08 Å². The van der Waals surface area contributed by atoms with Gasteiger partial charge >= 0.3 is 0 Å². The number of rotatable bonds is 3. The molecule has 0 saturated heterocycles. The summed E-state index contributed by atoms with van der Waals surface area (Å²) in [7, 11) is 0. The van der Waals surface area contributed by atoms with Gasteiger partial charge in [-0.3, -0.25) is 0 Å². The summed E-state index contributed by atoms with van der Waals surface area (Å²) in [6.07, 6.45) is 7.61. The molecule has 0 saturated carbocycles. The molecule has 1 aromatic rings. The van der Waals surface area contributed by atoms with Crippen LogP contribution in [0, 0.1) is 0 Å². The Balaban J connectivity index is 2.55. The molecule has 0 aliphatic heterocycles. The van der Waals surface area contributed by atoms with Crippen LogP contribution < -0.4 is 5.73 Å². The Kier molecular flexibility index (Phi) is 4.41. The largest absolute Gasteiger partial charge is 0.326 e. The Morgan fingerprint density at radius 3 is 2.69 bits per heavy atom. The van der Waals surface area contributed by atoms with Gasteiger partial charge in [-0.1, -0.05) is 42.5 Å². The van der Waals surface area contributed by atoms with Gasteiger partial charge in [0, 0.05) is 6.54 Å². The summed E-state index contributed by atoms with van der Waals surface area (Å²) in [6, 6.07) is 10.1. The van der Waals surface area contributed by atoms with Crippen LogP contribution in [0.2, 0.25) is 0 Å². The van der Waals surface area contributed by atoms with Crippen LogP contribution >= 0.6 is 0 Å². The minimum Gasteiger partial charge on any atom is -0.326 e. The number of benzene rings is 1. The molecule has 0 aliphatic rings. The van der Waals surface area contributed by atoms with Crippen molar-refractivity contribution in [1.29, 1.82) is 0 Å². The highest BCUT2D eigenvalue weighted by atomic mass is 14.5. The predicted octanol–water partition coefficient (Wildman–Crippen LogP) is 2.37. The van der Waals surface area contributed by atoms with E-state index in [4.69, 9.17) is 5.73 Å². The van der Waals surface area contributed by atoms with Crippen LogP contribution in [0.1, 0.15) is 5.56 Å². The lowest BCUT2D eigenvalue weighted by molar-refractivity contribution is 1.26. The van der Waals surface area contributed by atoms with Crippen LogP contribution in [0.15, 0.2) is 54.3 Å². The van der Waals surface area contributed by atoms with E-state index >= 15 is 0 Å². The zero-order chi connectivity index (χ0) is 9.36. The average Bonchev–Trinajstić information content (AvgIpc) is 2.19. The number of allylic oxidation sites excluding steroid dienone is 1. The topological polar surface area (TPSA) is 26.0 Å². The van der Waals surface area contributed by atoms with Crippen LogP contribution in [0.3, 0.4) is 0 Å². The van der Waals surface area contributed by atoms with E-state index in [9.17, 15) is 0 Å². The standard InChI is InChI=1S/C12H13N/c13-11-7-2-1-4-8-12-9-5-3-6-10-12/h1,3-10H,11,13H2. The normalized spacial score (nSPS) is 9.62. The van der Waals surface area contributed by atoms with E-state index in [2.05, 4.69) is 17.9 Å². The summed E-state index contributed by atoms with van der Waals surface area (Å²) in [4.78, 5) is 0. The van der Waals surface area contributed by atoms with Crippen molar-refractivity contribution < 1.29 is 0 Å². The van der Waals surface area contributed by atoms with Gasteiger partial charge in [-0.05, 0) is 17.7 Å². The number of hydrogen-bond acceptors (Lipinski definition) is 1. The average molecular weight is 171 g/mol. The highest BCUT2D eigenvalue weighted by Crippen LogP contribution is 2.00. The van der Waals surface area contributed by atoms with E-state index in [1.807, 2.05) is 36.4 Å². The molecular formula is C12H13N. The van der Waals surface area contributed by atoms with Crippen LogP contribution in [-0.2, 0) is 0 Å². The fraction of sp³-hybridized carbons (Fsp3) is 0.0833. The quantitative estimate of drug-likeness (QED) is 0.548. The van der Waals surface area contributed by atoms with Crippen molar-refractivity contribution in [2.24, 2.45) is 5.73 Å². The first-order valence-electron chi connectivity index (χ1n) is 4.26. The Bertz CT molecular complexity index is 316. The summed E-state index contributed by atoms with van der Waals surface area (Å²) in [5.74, 6) is 0. The van der Waals surface area contributed by atoms with Gasteiger partial charge in [-0.25, -0.2) is 0 Å². The maximum Gasteiger partial charge on any atom is 0.0182 e. The Morgan fingerprint density at radius 2 is 2.00 bits per heavy atom. The van der Waals surface area contributed by atoms with E-state index in [-0.39, 0.29) is 0 Å². The second kappa shape index (κ2) is 6.01. The molecule has 66 valence electrons. The van der Waals surface area contributed by atoms with Gasteiger partial charge in [0.05, 0.1) is 0 Å². The molecule has 0 amide bonds. The second-order valence-corrected chi connectivity index (χ2v) is 2.54. The maximum absolute atomic E-state index is 5.26. The number of hydrogen-bond donors (Lipinski definition) is 1. The Labute approximate surface area is 78.9 Å². The van der Waals surface area contributed by atoms with E-state index in [0.29, 0.717) is 6.54 Å². The van der Waals surface area contributed by atoms with E-state index in [1.165, 1.54) is 5.56 Å². The molecule has 1 heteroatoms. The highest BCUT2D eigenvalue weighted by Gasteiger charge is 1.78. The smallest absolute Gasteiger partial charge is 0.0182 e. The third kappa shape index (κ3) is 4.12. The van der Waals surface area contributed by atoms with Gasteiger partial charge in [0.1, 0.15) is 0 Å². The highest BCUT2D eigenvalue weighted by molar-refractivity contribution is 5.50. The monoisotopic (exact) mass is 171 g/mol. The third-order valence-corrected chi connectivity index (χ3v) is 1.52. The summed E-state index contributed by atoms with van der Waals surface area (Å²) >= 11 is 0. The van der Waals surface area contributed by atoms with Gasteiger partial charge < -0.3 is 5.73 Å². The molecule has 1 rings (SSSR count). The van der Waals surface area contributed by atoms with Crippen molar-refractivity contribution in [3.8, 4) is 0 Å². The first-order chi connectivity index (χ1) is 6.43. The van der Waals surface area contributed by atoms with Gasteiger partial charge in [-0.2, -0.15) is 0 Å². The van der Waals surface area contributed by atoms with Crippen LogP contribution in [-0.4, -0.2) is 6.54 Å². The molecule has 0 spiro atoms. The fourth-order valence-electron chi connectivity index (χ4n) is 0.915. The second-order valence-electron chi connectivity index (χ2n) is 2.54. The molecule has 0 radical (unpaired) electrons. The molecule has 0 bridgehead atoms. The molecule has 0 aromatic heterocycles. The van der Waals surface area contributed by atoms with Crippen LogP contribution in [0.25, 0.3) is 6.08 Å². The molecular weight excluding hydrogens is 158 g/mol. The van der Waals surface area contributed by atoms with Crippen molar-refractivity contribution >= 4 is 6.08 Å². The third-order valence-electron chi connectivity index (χ3n) is 1.52. The van der Waals surface area contributed by atoms with Gasteiger partial charge in [-0.15, -0.1) is 5.73 Å². The first-order valence-corrected chi connectivity index (χ1v) is 4.26. The van der Waals surface area contributed by atoms with Gasteiger partial charge in [0.25, 0.3) is 0 Å². The summed E-state index contributed by atoms with van der Waals surface area (Å²) in [6.45, 7) is 0.537. The number of nitrogens with two attached hydrogens (primary N) is 1. The molecule has 0 unspecified atom stereocenters. The lowest BCUT2D eigenvalue weighted by Gasteiger charge is -1.87. The first kappa shape index (κ1) is 9.53. The predicted molar refractivity (Wildman–Crippen MR) is 57.2 cm³/mol. The van der Waals surface area contributed by atoms with Crippen LogP contribution in [0.5, 0.6) is 0 Å². The summed E-state index contributed by atoms with van der Waals surface area (Å²) < 4.78 is 0. The minimum absolute atomic E-state index is 0.537. The molecule has 0 aliphatic carbocycles. The molecule has 0 heterocycles. The van der Waals surface area contributed by atoms with Crippen LogP contribution in [0.4, 0.5) is 0 Å². The zero-order valence-corrected chi connectivity index (χ0v) is 7.48. The van der Waals surface area contributed by atoms with Gasteiger partial charge in [0.2, 0.25) is 0 Å². The minimum atomic E-state index is 0.537. The van der Waals surface area contributed by atoms with E-state index < -0.39 is 0 Å². The SMILES string of the molecule is NCC=C=CC=Cc1ccccc1. The van der Waals surface area contributed by atoms with Crippen molar-refractivity contribution in [3.05, 3.63) is 59.9 Å². The molecule has 13 heavy (non-hydrogen) atoms. The Morgan fingerprint density at radius 1 is 1.23 bits per heavy atom.